The molecule has 0 unspecified atom stereocenters. The van der Waals surface area contributed by atoms with Gasteiger partial charge in [0.15, 0.2) is 0 Å². The Labute approximate surface area is 136 Å². The molecule has 1 aromatic heterocycles. The molecular weight excluding hydrogens is 290 g/mol. The van der Waals surface area contributed by atoms with Crippen LogP contribution in [0.1, 0.15) is 38.7 Å². The van der Waals surface area contributed by atoms with Gasteiger partial charge in [0.1, 0.15) is 6.33 Å². The first-order valence-corrected chi connectivity index (χ1v) is 8.07. The molecule has 23 heavy (non-hydrogen) atoms. The fourth-order valence-corrected chi connectivity index (χ4v) is 3.39. The summed E-state index contributed by atoms with van der Waals surface area (Å²) < 4.78 is 1.64. The summed E-state index contributed by atoms with van der Waals surface area (Å²) in [6.45, 7) is 5.90. The van der Waals surface area contributed by atoms with E-state index in [1.165, 1.54) is 5.56 Å². The van der Waals surface area contributed by atoms with E-state index in [0.717, 1.165) is 12.8 Å². The van der Waals surface area contributed by atoms with Gasteiger partial charge < -0.3 is 5.32 Å². The third-order valence-corrected chi connectivity index (χ3v) is 5.01. The third kappa shape index (κ3) is 3.25. The smallest absolute Gasteiger partial charge is 0.220 e. The summed E-state index contributed by atoms with van der Waals surface area (Å²) in [5, 5.41) is 14.1. The maximum Gasteiger partial charge on any atom is 0.220 e. The van der Waals surface area contributed by atoms with E-state index in [1.54, 1.807) is 11.0 Å². The van der Waals surface area contributed by atoms with Crippen LogP contribution in [0.15, 0.2) is 36.7 Å². The summed E-state index contributed by atoms with van der Waals surface area (Å²) in [6.07, 6.45) is 3.90. The van der Waals surface area contributed by atoms with Gasteiger partial charge in [-0.3, -0.25) is 4.79 Å². The fraction of sp³-hybridized carbons (Fsp3) is 0.529. The van der Waals surface area contributed by atoms with Gasteiger partial charge in [-0.15, -0.1) is 5.10 Å². The van der Waals surface area contributed by atoms with Crippen molar-refractivity contribution in [3.8, 4) is 0 Å². The number of amides is 1. The van der Waals surface area contributed by atoms with Crippen LogP contribution in [-0.4, -0.2) is 32.7 Å². The Morgan fingerprint density at radius 2 is 2.04 bits per heavy atom. The first kappa shape index (κ1) is 15.6. The van der Waals surface area contributed by atoms with Crippen LogP contribution >= 0.6 is 0 Å². The summed E-state index contributed by atoms with van der Waals surface area (Å²) in [5.74, 6) is 0.0936. The van der Waals surface area contributed by atoms with Gasteiger partial charge in [-0.05, 0) is 34.2 Å². The van der Waals surface area contributed by atoms with E-state index in [0.29, 0.717) is 19.5 Å². The van der Waals surface area contributed by atoms with Crippen LogP contribution in [0.4, 0.5) is 0 Å². The summed E-state index contributed by atoms with van der Waals surface area (Å²) in [6, 6.07) is 10.5. The van der Waals surface area contributed by atoms with E-state index in [-0.39, 0.29) is 16.7 Å². The van der Waals surface area contributed by atoms with Crippen LogP contribution in [0.5, 0.6) is 0 Å². The van der Waals surface area contributed by atoms with Crippen molar-refractivity contribution in [1.82, 2.24) is 25.5 Å². The van der Waals surface area contributed by atoms with Crippen LogP contribution in [0.2, 0.25) is 0 Å². The largest absolute Gasteiger partial charge is 0.355 e. The zero-order valence-electron chi connectivity index (χ0n) is 13.7. The van der Waals surface area contributed by atoms with Crippen LogP contribution in [0, 0.1) is 5.41 Å². The van der Waals surface area contributed by atoms with Crippen molar-refractivity contribution in [3.63, 3.8) is 0 Å². The maximum absolute atomic E-state index is 12.1. The lowest BCUT2D eigenvalue weighted by Gasteiger charge is -2.22. The molecule has 1 amide bonds. The van der Waals surface area contributed by atoms with Crippen molar-refractivity contribution in [2.24, 2.45) is 5.41 Å². The molecule has 1 aliphatic rings. The second-order valence-electron chi connectivity index (χ2n) is 6.96. The Morgan fingerprint density at radius 3 is 2.65 bits per heavy atom. The van der Waals surface area contributed by atoms with E-state index in [2.05, 4.69) is 59.0 Å². The molecule has 0 saturated heterocycles. The van der Waals surface area contributed by atoms with Crippen LogP contribution in [-0.2, 0) is 16.8 Å². The lowest BCUT2D eigenvalue weighted by molar-refractivity contribution is -0.121. The minimum absolute atomic E-state index is 0.0692. The summed E-state index contributed by atoms with van der Waals surface area (Å²) >= 11 is 0. The van der Waals surface area contributed by atoms with E-state index in [9.17, 15) is 4.79 Å². The van der Waals surface area contributed by atoms with Gasteiger partial charge in [-0.2, -0.15) is 0 Å². The lowest BCUT2D eigenvalue weighted by atomic mass is 9.88. The monoisotopic (exact) mass is 313 g/mol. The molecule has 0 aliphatic heterocycles. The highest BCUT2D eigenvalue weighted by molar-refractivity contribution is 5.76. The molecule has 1 heterocycles. The highest BCUT2D eigenvalue weighted by atomic mass is 16.1. The van der Waals surface area contributed by atoms with E-state index in [4.69, 9.17) is 0 Å². The highest BCUT2D eigenvalue weighted by Crippen LogP contribution is 2.63. The zero-order chi connectivity index (χ0) is 16.3. The van der Waals surface area contributed by atoms with Crippen LogP contribution < -0.4 is 5.32 Å². The van der Waals surface area contributed by atoms with Crippen molar-refractivity contribution in [3.05, 3.63) is 42.2 Å². The van der Waals surface area contributed by atoms with Gasteiger partial charge in [0.2, 0.25) is 5.91 Å². The Balaban J connectivity index is 1.51. The molecular formula is C17H23N5O. The number of carbonyl (C=O) groups excluding carboxylic acids is 1. The molecule has 1 saturated carbocycles. The molecule has 3 rings (SSSR count). The molecule has 6 heteroatoms. The molecule has 1 aliphatic carbocycles. The van der Waals surface area contributed by atoms with Gasteiger partial charge in [0, 0.05) is 24.9 Å². The number of rotatable bonds is 7. The topological polar surface area (TPSA) is 72.7 Å². The minimum atomic E-state index is 0.0692. The molecule has 2 aromatic rings. The van der Waals surface area contributed by atoms with E-state index in [1.807, 2.05) is 6.07 Å². The Hall–Kier alpha value is -2.24. The summed E-state index contributed by atoms with van der Waals surface area (Å²) in [4.78, 5) is 12.1. The van der Waals surface area contributed by atoms with Gasteiger partial charge in [-0.1, -0.05) is 44.2 Å². The minimum Gasteiger partial charge on any atom is -0.355 e. The first-order chi connectivity index (χ1) is 11.0. The number of hydrogen-bond donors (Lipinski definition) is 1. The van der Waals surface area contributed by atoms with Gasteiger partial charge in [-0.25, -0.2) is 4.68 Å². The summed E-state index contributed by atoms with van der Waals surface area (Å²) in [5.41, 5.74) is 1.62. The number of aromatic nitrogens is 4. The van der Waals surface area contributed by atoms with Crippen molar-refractivity contribution >= 4 is 5.91 Å². The molecule has 1 N–H and O–H groups in total. The number of hydrogen-bond acceptors (Lipinski definition) is 4. The number of carbonyl (C=O) groups is 1. The predicted octanol–water partition coefficient (Wildman–Crippen LogP) is 1.94. The van der Waals surface area contributed by atoms with Gasteiger partial charge in [0.05, 0.1) is 0 Å². The molecule has 0 spiro atoms. The standard InChI is InChI=1S/C17H23N5O/c1-16(2)11-17(16,14-7-4-3-5-8-14)12-18-15(23)9-6-10-22-13-19-20-21-22/h3-5,7-8,13H,6,9-12H2,1-2H3,(H,18,23)/t17-/m1/s1. The second-order valence-corrected chi connectivity index (χ2v) is 6.96. The van der Waals surface area contributed by atoms with Gasteiger partial charge >= 0.3 is 0 Å². The number of tetrazole rings is 1. The third-order valence-electron chi connectivity index (χ3n) is 5.01. The Kier molecular flexibility index (Phi) is 4.15. The SMILES string of the molecule is CC1(C)C[C@@]1(CNC(=O)CCCn1cnnn1)c1ccccc1. The van der Waals surface area contributed by atoms with Crippen LogP contribution in [0.3, 0.4) is 0 Å². The summed E-state index contributed by atoms with van der Waals surface area (Å²) in [7, 11) is 0. The van der Waals surface area contributed by atoms with Crippen molar-refractivity contribution in [2.75, 3.05) is 6.54 Å². The van der Waals surface area contributed by atoms with Crippen molar-refractivity contribution < 1.29 is 4.79 Å². The molecule has 0 radical (unpaired) electrons. The molecule has 0 bridgehead atoms. The normalized spacial score (nSPS) is 21.8. The average molecular weight is 313 g/mol. The van der Waals surface area contributed by atoms with Crippen molar-refractivity contribution in [2.45, 2.75) is 45.1 Å². The van der Waals surface area contributed by atoms with Crippen LogP contribution in [0.25, 0.3) is 0 Å². The zero-order valence-corrected chi connectivity index (χ0v) is 13.7. The molecule has 122 valence electrons. The number of benzene rings is 1. The Morgan fingerprint density at radius 1 is 1.30 bits per heavy atom. The molecule has 1 fully saturated rings. The quantitative estimate of drug-likeness (QED) is 0.848. The number of nitrogens with zero attached hydrogens (tertiary/aromatic N) is 4. The van der Waals surface area contributed by atoms with Gasteiger partial charge in [0.25, 0.3) is 0 Å². The molecule has 6 nitrogen and oxygen atoms in total. The van der Waals surface area contributed by atoms with Crippen molar-refractivity contribution in [1.29, 1.82) is 0 Å². The van der Waals surface area contributed by atoms with E-state index < -0.39 is 0 Å². The predicted molar refractivity (Wildman–Crippen MR) is 86.6 cm³/mol. The lowest BCUT2D eigenvalue weighted by Crippen LogP contribution is -2.34. The molecule has 1 atom stereocenters. The number of aryl methyl sites for hydroxylation is 1. The highest BCUT2D eigenvalue weighted by Gasteiger charge is 2.61. The maximum atomic E-state index is 12.1. The van der Waals surface area contributed by atoms with E-state index >= 15 is 0 Å². The Bertz CT molecular complexity index is 653. The average Bonchev–Trinajstić information content (AvgIpc) is 2.90. The first-order valence-electron chi connectivity index (χ1n) is 8.07. The number of nitrogens with one attached hydrogen (secondary N) is 1. The second kappa shape index (κ2) is 6.10. The molecule has 1 aromatic carbocycles. The fourth-order valence-electron chi connectivity index (χ4n) is 3.39.